The SMILES string of the molecule is C#C[C@H](N)C(C)C. The highest BCUT2D eigenvalue weighted by Gasteiger charge is 1.99. The van der Waals surface area contributed by atoms with Gasteiger partial charge in [-0.3, -0.25) is 0 Å². The van der Waals surface area contributed by atoms with Crippen LogP contribution in [0.4, 0.5) is 0 Å². The number of nitrogens with two attached hydrogens (primary N) is 1. The van der Waals surface area contributed by atoms with Gasteiger partial charge in [-0.25, -0.2) is 0 Å². The zero-order valence-electron chi connectivity index (χ0n) is 4.81. The molecule has 1 nitrogen and oxygen atoms in total. The van der Waals surface area contributed by atoms with E-state index in [-0.39, 0.29) is 6.04 Å². The maximum Gasteiger partial charge on any atom is 0.0685 e. The first-order valence-corrected chi connectivity index (χ1v) is 2.40. The van der Waals surface area contributed by atoms with E-state index in [1.54, 1.807) is 0 Å². The predicted molar refractivity (Wildman–Crippen MR) is 31.6 cm³/mol. The third-order valence-electron chi connectivity index (χ3n) is 0.911. The zero-order valence-corrected chi connectivity index (χ0v) is 4.81. The van der Waals surface area contributed by atoms with Crippen LogP contribution in [0.3, 0.4) is 0 Å². The number of terminal acetylenes is 1. The van der Waals surface area contributed by atoms with E-state index < -0.39 is 0 Å². The van der Waals surface area contributed by atoms with Gasteiger partial charge in [0.25, 0.3) is 0 Å². The van der Waals surface area contributed by atoms with Crippen LogP contribution in [0.1, 0.15) is 13.8 Å². The van der Waals surface area contributed by atoms with Crippen LogP contribution in [0.2, 0.25) is 0 Å². The molecule has 0 radical (unpaired) electrons. The Balaban J connectivity index is 3.40. The van der Waals surface area contributed by atoms with Crippen LogP contribution < -0.4 is 5.73 Å². The predicted octanol–water partition coefficient (Wildman–Crippen LogP) is 0.603. The summed E-state index contributed by atoms with van der Waals surface area (Å²) < 4.78 is 0. The van der Waals surface area contributed by atoms with Crippen LogP contribution in [-0.2, 0) is 0 Å². The summed E-state index contributed by atoms with van der Waals surface area (Å²) in [6, 6.07) is -0.0694. The molecule has 0 bridgehead atoms. The van der Waals surface area contributed by atoms with Gasteiger partial charge in [0.2, 0.25) is 0 Å². The van der Waals surface area contributed by atoms with Crippen molar-refractivity contribution < 1.29 is 0 Å². The topological polar surface area (TPSA) is 26.0 Å². The fourth-order valence-corrected chi connectivity index (χ4v) is 0.192. The average Bonchev–Trinajstić information content (AvgIpc) is 1.65. The van der Waals surface area contributed by atoms with Crippen molar-refractivity contribution in [3.05, 3.63) is 0 Å². The lowest BCUT2D eigenvalue weighted by Gasteiger charge is -2.05. The van der Waals surface area contributed by atoms with Crippen LogP contribution in [0.5, 0.6) is 0 Å². The molecule has 0 aliphatic rings. The Morgan fingerprint density at radius 1 is 1.57 bits per heavy atom. The Morgan fingerprint density at radius 3 is 2.00 bits per heavy atom. The van der Waals surface area contributed by atoms with Gasteiger partial charge >= 0.3 is 0 Å². The standard InChI is InChI=1S/C6H11N/c1-4-6(7)5(2)3/h1,5-6H,7H2,2-3H3/t6-/m0/s1. The van der Waals surface area contributed by atoms with Crippen LogP contribution in [0, 0.1) is 18.3 Å². The van der Waals surface area contributed by atoms with Crippen LogP contribution in [0.15, 0.2) is 0 Å². The van der Waals surface area contributed by atoms with Crippen molar-refractivity contribution in [2.24, 2.45) is 11.7 Å². The molecule has 0 amide bonds. The van der Waals surface area contributed by atoms with E-state index in [1.165, 1.54) is 0 Å². The molecule has 1 heteroatoms. The molecule has 0 aliphatic carbocycles. The molecule has 0 saturated heterocycles. The van der Waals surface area contributed by atoms with E-state index in [0.29, 0.717) is 5.92 Å². The number of hydrogen-bond acceptors (Lipinski definition) is 1. The van der Waals surface area contributed by atoms with Crippen molar-refractivity contribution in [2.75, 3.05) is 0 Å². The molecular weight excluding hydrogens is 86.1 g/mol. The number of hydrogen-bond donors (Lipinski definition) is 1. The minimum absolute atomic E-state index is 0.0694. The second-order valence-corrected chi connectivity index (χ2v) is 1.94. The van der Waals surface area contributed by atoms with Crippen molar-refractivity contribution in [1.82, 2.24) is 0 Å². The molecule has 2 N–H and O–H groups in total. The highest BCUT2D eigenvalue weighted by molar-refractivity contribution is 4.97. The van der Waals surface area contributed by atoms with Crippen molar-refractivity contribution >= 4 is 0 Å². The molecule has 0 aliphatic heterocycles. The zero-order chi connectivity index (χ0) is 5.86. The molecule has 0 saturated carbocycles. The van der Waals surface area contributed by atoms with Crippen molar-refractivity contribution in [3.8, 4) is 12.3 Å². The van der Waals surface area contributed by atoms with Gasteiger partial charge < -0.3 is 5.73 Å². The second kappa shape index (κ2) is 2.65. The molecule has 7 heavy (non-hydrogen) atoms. The summed E-state index contributed by atoms with van der Waals surface area (Å²) in [7, 11) is 0. The van der Waals surface area contributed by atoms with Gasteiger partial charge in [-0.2, -0.15) is 0 Å². The Bertz CT molecular complexity index is 78.7. The van der Waals surface area contributed by atoms with Gasteiger partial charge in [0.1, 0.15) is 0 Å². The van der Waals surface area contributed by atoms with Gasteiger partial charge in [0.05, 0.1) is 6.04 Å². The molecular formula is C6H11N. The lowest BCUT2D eigenvalue weighted by molar-refractivity contribution is 0.585. The Hall–Kier alpha value is -0.480. The molecule has 0 aromatic rings. The summed E-state index contributed by atoms with van der Waals surface area (Å²) in [6.45, 7) is 4.01. The van der Waals surface area contributed by atoms with Crippen molar-refractivity contribution in [3.63, 3.8) is 0 Å². The first kappa shape index (κ1) is 6.52. The summed E-state index contributed by atoms with van der Waals surface area (Å²) in [4.78, 5) is 0. The molecule has 0 heterocycles. The molecule has 0 rings (SSSR count). The lowest BCUT2D eigenvalue weighted by atomic mass is 10.1. The van der Waals surface area contributed by atoms with Gasteiger partial charge in [-0.1, -0.05) is 19.8 Å². The Morgan fingerprint density at radius 2 is 2.00 bits per heavy atom. The van der Waals surface area contributed by atoms with Crippen LogP contribution in [-0.4, -0.2) is 6.04 Å². The third kappa shape index (κ3) is 2.24. The smallest absolute Gasteiger partial charge is 0.0685 e. The molecule has 0 aromatic heterocycles. The normalized spacial score (nSPS) is 13.6. The molecule has 40 valence electrons. The third-order valence-corrected chi connectivity index (χ3v) is 0.911. The van der Waals surface area contributed by atoms with E-state index >= 15 is 0 Å². The summed E-state index contributed by atoms with van der Waals surface area (Å²) in [5, 5.41) is 0. The fraction of sp³-hybridized carbons (Fsp3) is 0.667. The molecule has 0 spiro atoms. The molecule has 0 unspecified atom stereocenters. The first-order chi connectivity index (χ1) is 3.18. The highest BCUT2D eigenvalue weighted by Crippen LogP contribution is 1.93. The summed E-state index contributed by atoms with van der Waals surface area (Å²) in [5.74, 6) is 2.85. The van der Waals surface area contributed by atoms with Crippen molar-refractivity contribution in [2.45, 2.75) is 19.9 Å². The Kier molecular flexibility index (Phi) is 2.47. The lowest BCUT2D eigenvalue weighted by Crippen LogP contribution is -2.23. The van der Waals surface area contributed by atoms with E-state index in [1.807, 2.05) is 13.8 Å². The molecule has 0 aromatic carbocycles. The summed E-state index contributed by atoms with van der Waals surface area (Å²) in [5.41, 5.74) is 5.38. The quantitative estimate of drug-likeness (QED) is 0.476. The first-order valence-electron chi connectivity index (χ1n) is 2.40. The van der Waals surface area contributed by atoms with Crippen molar-refractivity contribution in [1.29, 1.82) is 0 Å². The van der Waals surface area contributed by atoms with E-state index in [2.05, 4.69) is 5.92 Å². The average molecular weight is 97.2 g/mol. The van der Waals surface area contributed by atoms with Crippen LogP contribution >= 0.6 is 0 Å². The van der Waals surface area contributed by atoms with Gasteiger partial charge in [0.15, 0.2) is 0 Å². The summed E-state index contributed by atoms with van der Waals surface area (Å²) in [6.07, 6.45) is 5.00. The second-order valence-electron chi connectivity index (χ2n) is 1.94. The maximum absolute atomic E-state index is 5.38. The largest absolute Gasteiger partial charge is 0.317 e. The monoisotopic (exact) mass is 97.1 g/mol. The molecule has 0 fully saturated rings. The minimum atomic E-state index is -0.0694. The van der Waals surface area contributed by atoms with Gasteiger partial charge in [-0.05, 0) is 5.92 Å². The summed E-state index contributed by atoms with van der Waals surface area (Å²) >= 11 is 0. The minimum Gasteiger partial charge on any atom is -0.317 e. The molecule has 1 atom stereocenters. The maximum atomic E-state index is 5.38. The fourth-order valence-electron chi connectivity index (χ4n) is 0.192. The van der Waals surface area contributed by atoms with Crippen LogP contribution in [0.25, 0.3) is 0 Å². The van der Waals surface area contributed by atoms with E-state index in [9.17, 15) is 0 Å². The van der Waals surface area contributed by atoms with E-state index in [4.69, 9.17) is 12.2 Å². The van der Waals surface area contributed by atoms with Gasteiger partial charge in [-0.15, -0.1) is 6.42 Å². The van der Waals surface area contributed by atoms with Gasteiger partial charge in [0, 0.05) is 0 Å². The number of rotatable bonds is 1. The highest BCUT2D eigenvalue weighted by atomic mass is 14.6. The Labute approximate surface area is 44.9 Å². The van der Waals surface area contributed by atoms with E-state index in [0.717, 1.165) is 0 Å².